The number of hydrogen-bond acceptors (Lipinski definition) is 5. The Morgan fingerprint density at radius 1 is 1.12 bits per heavy atom. The van der Waals surface area contributed by atoms with Crippen LogP contribution < -0.4 is 15.5 Å². The van der Waals surface area contributed by atoms with Crippen LogP contribution in [0, 0.1) is 13.8 Å². The van der Waals surface area contributed by atoms with E-state index in [9.17, 15) is 18.0 Å². The van der Waals surface area contributed by atoms with E-state index in [-0.39, 0.29) is 5.91 Å². The van der Waals surface area contributed by atoms with E-state index >= 15 is 0 Å². The van der Waals surface area contributed by atoms with Gasteiger partial charge in [-0.05, 0) is 43.7 Å². The number of nitrogens with zero attached hydrogens (tertiary/aromatic N) is 2. The standard InChI is InChI=1S/C20H23N5O.C2HF3O2/c1-13-9-14(2)19-15(10-13)11-17(24-19)20(26)23-16-3-4-18(22-12-16)25-7-5-21-6-8-25;3-2(4,5)1(6)7/h3-4,9-12,21,24H,5-8H2,1-2H3,(H,23,26);(H,6,7). The maximum atomic E-state index is 12.6. The number of hydrogen-bond donors (Lipinski definition) is 4. The summed E-state index contributed by atoms with van der Waals surface area (Å²) in [4.78, 5) is 31.4. The van der Waals surface area contributed by atoms with E-state index in [1.54, 1.807) is 6.20 Å². The Bertz CT molecular complexity index is 1140. The number of carboxylic acid groups (broad SMARTS) is 1. The number of fused-ring (bicyclic) bond motifs is 1. The van der Waals surface area contributed by atoms with Crippen LogP contribution in [-0.4, -0.2) is 59.3 Å². The maximum Gasteiger partial charge on any atom is 0.490 e. The largest absolute Gasteiger partial charge is 0.490 e. The van der Waals surface area contributed by atoms with Gasteiger partial charge < -0.3 is 25.6 Å². The average molecular weight is 463 g/mol. The molecule has 0 saturated carbocycles. The number of H-pyrrole nitrogens is 1. The van der Waals surface area contributed by atoms with E-state index in [1.165, 1.54) is 5.56 Å². The fraction of sp³-hybridized carbons (Fsp3) is 0.318. The van der Waals surface area contributed by atoms with E-state index in [0.29, 0.717) is 11.4 Å². The Labute approximate surface area is 187 Å². The van der Waals surface area contributed by atoms with Crippen LogP contribution in [0.15, 0.2) is 36.5 Å². The molecule has 0 spiro atoms. The van der Waals surface area contributed by atoms with Crippen LogP contribution in [-0.2, 0) is 4.79 Å². The summed E-state index contributed by atoms with van der Waals surface area (Å²) < 4.78 is 31.7. The second-order valence-electron chi connectivity index (χ2n) is 7.63. The number of pyridine rings is 1. The molecular weight excluding hydrogens is 439 g/mol. The van der Waals surface area contributed by atoms with Crippen molar-refractivity contribution in [1.82, 2.24) is 15.3 Å². The van der Waals surface area contributed by atoms with Crippen LogP contribution in [0.25, 0.3) is 10.9 Å². The number of carboxylic acids is 1. The molecule has 1 saturated heterocycles. The predicted molar refractivity (Wildman–Crippen MR) is 119 cm³/mol. The zero-order valence-corrected chi connectivity index (χ0v) is 18.1. The monoisotopic (exact) mass is 463 g/mol. The molecule has 4 N–H and O–H groups in total. The van der Waals surface area contributed by atoms with Crippen LogP contribution in [0.5, 0.6) is 0 Å². The van der Waals surface area contributed by atoms with Crippen molar-refractivity contribution in [3.63, 3.8) is 0 Å². The topological polar surface area (TPSA) is 110 Å². The molecule has 0 bridgehead atoms. The number of anilines is 2. The molecule has 1 aromatic carbocycles. The van der Waals surface area contributed by atoms with E-state index in [4.69, 9.17) is 9.90 Å². The van der Waals surface area contributed by atoms with E-state index in [2.05, 4.69) is 44.6 Å². The van der Waals surface area contributed by atoms with Gasteiger partial charge in [-0.3, -0.25) is 4.79 Å². The van der Waals surface area contributed by atoms with Gasteiger partial charge in [-0.1, -0.05) is 11.6 Å². The number of aliphatic carboxylic acids is 1. The molecule has 0 atom stereocenters. The lowest BCUT2D eigenvalue weighted by atomic mass is 10.1. The number of carbonyl (C=O) groups excluding carboxylic acids is 1. The van der Waals surface area contributed by atoms with Crippen molar-refractivity contribution in [3.8, 4) is 0 Å². The molecule has 3 heterocycles. The van der Waals surface area contributed by atoms with Crippen LogP contribution >= 0.6 is 0 Å². The molecule has 4 rings (SSSR count). The van der Waals surface area contributed by atoms with Gasteiger partial charge in [0.25, 0.3) is 5.91 Å². The van der Waals surface area contributed by atoms with Crippen LogP contribution in [0.2, 0.25) is 0 Å². The summed E-state index contributed by atoms with van der Waals surface area (Å²) in [5.74, 6) is -1.97. The first-order valence-corrected chi connectivity index (χ1v) is 10.2. The molecule has 1 fully saturated rings. The maximum absolute atomic E-state index is 12.6. The molecule has 3 aromatic rings. The van der Waals surface area contributed by atoms with Gasteiger partial charge in [0.2, 0.25) is 0 Å². The first-order valence-electron chi connectivity index (χ1n) is 10.2. The van der Waals surface area contributed by atoms with Gasteiger partial charge >= 0.3 is 12.1 Å². The molecule has 11 heteroatoms. The van der Waals surface area contributed by atoms with Crippen molar-refractivity contribution in [2.75, 3.05) is 36.4 Å². The van der Waals surface area contributed by atoms with Crippen molar-refractivity contribution in [2.45, 2.75) is 20.0 Å². The minimum atomic E-state index is -5.08. The number of aromatic nitrogens is 2. The quantitative estimate of drug-likeness (QED) is 0.474. The van der Waals surface area contributed by atoms with E-state index in [0.717, 1.165) is 48.5 Å². The summed E-state index contributed by atoms with van der Waals surface area (Å²) in [6.45, 7) is 7.95. The number of halogens is 3. The molecule has 1 amide bonds. The SMILES string of the molecule is Cc1cc(C)c2[nH]c(C(=O)Nc3ccc(N4CCNCC4)nc3)cc2c1.O=C(O)C(F)(F)F. The predicted octanol–water partition coefficient (Wildman–Crippen LogP) is 3.47. The number of nitrogens with one attached hydrogen (secondary N) is 3. The second-order valence-corrected chi connectivity index (χ2v) is 7.63. The molecule has 8 nitrogen and oxygen atoms in total. The molecular formula is C22H24F3N5O3. The molecule has 1 aliphatic rings. The molecule has 176 valence electrons. The number of benzene rings is 1. The van der Waals surface area contributed by atoms with Gasteiger partial charge in [-0.25, -0.2) is 9.78 Å². The number of aryl methyl sites for hydroxylation is 2. The molecule has 0 aliphatic carbocycles. The molecule has 2 aromatic heterocycles. The molecule has 0 radical (unpaired) electrons. The zero-order chi connectivity index (χ0) is 24.2. The number of piperazine rings is 1. The lowest BCUT2D eigenvalue weighted by molar-refractivity contribution is -0.192. The van der Waals surface area contributed by atoms with E-state index in [1.807, 2.05) is 25.1 Å². The number of rotatable bonds is 3. The zero-order valence-electron chi connectivity index (χ0n) is 18.1. The second kappa shape index (κ2) is 9.90. The minimum absolute atomic E-state index is 0.157. The van der Waals surface area contributed by atoms with Crippen LogP contribution in [0.3, 0.4) is 0 Å². The Morgan fingerprint density at radius 3 is 2.36 bits per heavy atom. The number of aromatic amines is 1. The fourth-order valence-corrected chi connectivity index (χ4v) is 3.47. The third kappa shape index (κ3) is 6.22. The summed E-state index contributed by atoms with van der Waals surface area (Å²) >= 11 is 0. The van der Waals surface area contributed by atoms with E-state index < -0.39 is 12.1 Å². The highest BCUT2D eigenvalue weighted by Gasteiger charge is 2.38. The van der Waals surface area contributed by atoms with Crippen molar-refractivity contribution in [3.05, 3.63) is 53.3 Å². The highest BCUT2D eigenvalue weighted by Crippen LogP contribution is 2.22. The van der Waals surface area contributed by atoms with Gasteiger partial charge in [-0.2, -0.15) is 13.2 Å². The highest BCUT2D eigenvalue weighted by atomic mass is 19.4. The summed E-state index contributed by atoms with van der Waals surface area (Å²) in [5, 5.41) is 14.4. The first-order chi connectivity index (χ1) is 15.5. The van der Waals surface area contributed by atoms with Crippen molar-refractivity contribution >= 4 is 34.3 Å². The Morgan fingerprint density at radius 2 is 1.79 bits per heavy atom. The molecule has 0 unspecified atom stereocenters. The Kier molecular flexibility index (Phi) is 7.22. The van der Waals surface area contributed by atoms with Crippen molar-refractivity contribution in [2.24, 2.45) is 0 Å². The number of amides is 1. The fourth-order valence-electron chi connectivity index (χ4n) is 3.47. The summed E-state index contributed by atoms with van der Waals surface area (Å²) in [5.41, 5.74) is 4.59. The normalized spacial score (nSPS) is 13.9. The molecule has 33 heavy (non-hydrogen) atoms. The van der Waals surface area contributed by atoms with Gasteiger partial charge in [0, 0.05) is 37.1 Å². The third-order valence-corrected chi connectivity index (χ3v) is 5.00. The average Bonchev–Trinajstić information content (AvgIpc) is 3.19. The first kappa shape index (κ1) is 24.1. The summed E-state index contributed by atoms with van der Waals surface area (Å²) in [6.07, 6.45) is -3.37. The number of alkyl halides is 3. The Balaban J connectivity index is 0.000000383. The smallest absolute Gasteiger partial charge is 0.475 e. The minimum Gasteiger partial charge on any atom is -0.475 e. The van der Waals surface area contributed by atoms with Gasteiger partial charge in [-0.15, -0.1) is 0 Å². The number of carbonyl (C=O) groups is 2. The molecule has 1 aliphatic heterocycles. The van der Waals surface area contributed by atoms with Gasteiger partial charge in [0.15, 0.2) is 0 Å². The lowest BCUT2D eigenvalue weighted by Crippen LogP contribution is -2.43. The van der Waals surface area contributed by atoms with Crippen molar-refractivity contribution < 1.29 is 27.9 Å². The summed E-state index contributed by atoms with van der Waals surface area (Å²) in [6, 6.07) is 9.95. The van der Waals surface area contributed by atoms with Crippen LogP contribution in [0.4, 0.5) is 24.7 Å². The van der Waals surface area contributed by atoms with Gasteiger partial charge in [0.1, 0.15) is 11.5 Å². The van der Waals surface area contributed by atoms with Gasteiger partial charge in [0.05, 0.1) is 11.9 Å². The Hall–Kier alpha value is -3.60. The highest BCUT2D eigenvalue weighted by molar-refractivity contribution is 6.06. The third-order valence-electron chi connectivity index (χ3n) is 5.00. The summed E-state index contributed by atoms with van der Waals surface area (Å²) in [7, 11) is 0. The lowest BCUT2D eigenvalue weighted by Gasteiger charge is -2.28. The van der Waals surface area contributed by atoms with Crippen molar-refractivity contribution in [1.29, 1.82) is 0 Å². The van der Waals surface area contributed by atoms with Crippen LogP contribution in [0.1, 0.15) is 21.6 Å².